The standard InChI is InChI=1S/C23H23BrN2O3/c1-15(2)17-9-11-22(20(24)12-17)29-14-23(27)26-25-13-19-18-7-5-4-6-16(18)8-10-21(19)28-3/h4-13,15H,14H2,1-3H3,(H,26,27). The van der Waals surface area contributed by atoms with Gasteiger partial charge in [0.25, 0.3) is 5.91 Å². The van der Waals surface area contributed by atoms with Crippen molar-refractivity contribution in [2.45, 2.75) is 19.8 Å². The number of amides is 1. The number of halogens is 1. The molecule has 0 aromatic heterocycles. The number of carbonyl (C=O) groups is 1. The Kier molecular flexibility index (Phi) is 6.88. The average molecular weight is 455 g/mol. The smallest absolute Gasteiger partial charge is 0.277 e. The van der Waals surface area contributed by atoms with Crippen LogP contribution in [0.3, 0.4) is 0 Å². The zero-order valence-electron chi connectivity index (χ0n) is 16.6. The molecule has 3 aromatic carbocycles. The van der Waals surface area contributed by atoms with Crippen LogP contribution in [0.15, 0.2) is 64.2 Å². The van der Waals surface area contributed by atoms with Crippen molar-refractivity contribution in [3.63, 3.8) is 0 Å². The topological polar surface area (TPSA) is 59.9 Å². The van der Waals surface area contributed by atoms with Gasteiger partial charge in [0.15, 0.2) is 6.61 Å². The van der Waals surface area contributed by atoms with Crippen LogP contribution in [0.1, 0.15) is 30.9 Å². The van der Waals surface area contributed by atoms with Crippen LogP contribution < -0.4 is 14.9 Å². The fourth-order valence-corrected chi connectivity index (χ4v) is 3.44. The first-order valence-corrected chi connectivity index (χ1v) is 10.1. The van der Waals surface area contributed by atoms with E-state index in [0.29, 0.717) is 17.4 Å². The van der Waals surface area contributed by atoms with E-state index in [9.17, 15) is 4.79 Å². The van der Waals surface area contributed by atoms with E-state index in [0.717, 1.165) is 20.8 Å². The Morgan fingerprint density at radius 3 is 2.62 bits per heavy atom. The molecule has 150 valence electrons. The molecule has 0 aliphatic carbocycles. The molecule has 1 amide bonds. The van der Waals surface area contributed by atoms with Gasteiger partial charge in [-0.1, -0.05) is 50.2 Å². The number of hydrogen-bond acceptors (Lipinski definition) is 4. The molecule has 0 atom stereocenters. The molecular formula is C23H23BrN2O3. The molecule has 0 saturated carbocycles. The Bertz CT molecular complexity index is 1050. The van der Waals surface area contributed by atoms with Gasteiger partial charge in [0.1, 0.15) is 11.5 Å². The quantitative estimate of drug-likeness (QED) is 0.391. The van der Waals surface area contributed by atoms with Gasteiger partial charge in [-0.25, -0.2) is 5.43 Å². The minimum Gasteiger partial charge on any atom is -0.496 e. The number of methoxy groups -OCH3 is 1. The molecule has 0 heterocycles. The molecular weight excluding hydrogens is 432 g/mol. The Balaban J connectivity index is 1.64. The Morgan fingerprint density at radius 1 is 1.14 bits per heavy atom. The molecule has 1 N–H and O–H groups in total. The highest BCUT2D eigenvalue weighted by atomic mass is 79.9. The van der Waals surface area contributed by atoms with Crippen LogP contribution in [0.2, 0.25) is 0 Å². The number of nitrogens with one attached hydrogen (secondary N) is 1. The summed E-state index contributed by atoms with van der Waals surface area (Å²) in [5.74, 6) is 1.38. The highest BCUT2D eigenvalue weighted by Gasteiger charge is 2.09. The summed E-state index contributed by atoms with van der Waals surface area (Å²) in [6, 6.07) is 17.7. The lowest BCUT2D eigenvalue weighted by atomic mass is 10.0. The molecule has 0 radical (unpaired) electrons. The number of fused-ring (bicyclic) bond motifs is 1. The van der Waals surface area contributed by atoms with Gasteiger partial charge >= 0.3 is 0 Å². The highest BCUT2D eigenvalue weighted by molar-refractivity contribution is 9.10. The third kappa shape index (κ3) is 5.15. The Morgan fingerprint density at radius 2 is 1.90 bits per heavy atom. The molecule has 29 heavy (non-hydrogen) atoms. The molecule has 5 nitrogen and oxygen atoms in total. The maximum atomic E-state index is 12.1. The third-order valence-electron chi connectivity index (χ3n) is 4.51. The molecule has 0 saturated heterocycles. The van der Waals surface area contributed by atoms with Crippen LogP contribution >= 0.6 is 15.9 Å². The molecule has 0 bridgehead atoms. The number of benzene rings is 3. The van der Waals surface area contributed by atoms with Crippen molar-refractivity contribution in [3.8, 4) is 11.5 Å². The lowest BCUT2D eigenvalue weighted by Gasteiger charge is -2.11. The summed E-state index contributed by atoms with van der Waals surface area (Å²) in [5.41, 5.74) is 4.50. The summed E-state index contributed by atoms with van der Waals surface area (Å²) in [4.78, 5) is 12.1. The zero-order valence-corrected chi connectivity index (χ0v) is 18.2. The third-order valence-corrected chi connectivity index (χ3v) is 5.13. The molecule has 6 heteroatoms. The predicted molar refractivity (Wildman–Crippen MR) is 120 cm³/mol. The normalized spacial score (nSPS) is 11.2. The van der Waals surface area contributed by atoms with E-state index in [-0.39, 0.29) is 12.5 Å². The van der Waals surface area contributed by atoms with Gasteiger partial charge in [0, 0.05) is 5.56 Å². The summed E-state index contributed by atoms with van der Waals surface area (Å²) >= 11 is 3.49. The van der Waals surface area contributed by atoms with Gasteiger partial charge in [0.2, 0.25) is 0 Å². The fourth-order valence-electron chi connectivity index (χ4n) is 2.92. The fraction of sp³-hybridized carbons (Fsp3) is 0.217. The van der Waals surface area contributed by atoms with Crippen LogP contribution in [0.25, 0.3) is 10.8 Å². The van der Waals surface area contributed by atoms with E-state index in [2.05, 4.69) is 40.3 Å². The first-order chi connectivity index (χ1) is 14.0. The van der Waals surface area contributed by atoms with Gasteiger partial charge in [0.05, 0.1) is 17.8 Å². The van der Waals surface area contributed by atoms with E-state index in [1.165, 1.54) is 5.56 Å². The number of carbonyl (C=O) groups excluding carboxylic acids is 1. The van der Waals surface area contributed by atoms with Crippen LogP contribution in [0, 0.1) is 0 Å². The van der Waals surface area contributed by atoms with Crippen molar-refractivity contribution in [2.75, 3.05) is 13.7 Å². The van der Waals surface area contributed by atoms with Crippen molar-refractivity contribution >= 4 is 38.8 Å². The SMILES string of the molecule is COc1ccc2ccccc2c1C=NNC(=O)COc1ccc(C(C)C)cc1Br. The predicted octanol–water partition coefficient (Wildman–Crippen LogP) is 5.26. The largest absolute Gasteiger partial charge is 0.496 e. The Hall–Kier alpha value is -2.86. The molecule has 0 aliphatic heterocycles. The summed E-state index contributed by atoms with van der Waals surface area (Å²) in [6.45, 7) is 4.11. The lowest BCUT2D eigenvalue weighted by Crippen LogP contribution is -2.24. The van der Waals surface area contributed by atoms with Crippen LogP contribution in [-0.4, -0.2) is 25.8 Å². The van der Waals surface area contributed by atoms with E-state index >= 15 is 0 Å². The number of rotatable bonds is 7. The van der Waals surface area contributed by atoms with Crippen molar-refractivity contribution in [1.29, 1.82) is 0 Å². The first kappa shape index (κ1) is 20.9. The van der Waals surface area contributed by atoms with Crippen molar-refractivity contribution in [1.82, 2.24) is 5.43 Å². The molecule has 0 fully saturated rings. The van der Waals surface area contributed by atoms with Gasteiger partial charge in [-0.05, 0) is 56.4 Å². The van der Waals surface area contributed by atoms with Crippen LogP contribution in [-0.2, 0) is 4.79 Å². The van der Waals surface area contributed by atoms with Gasteiger partial charge < -0.3 is 9.47 Å². The van der Waals surface area contributed by atoms with E-state index in [1.807, 2.05) is 54.6 Å². The second-order valence-corrected chi connectivity index (χ2v) is 7.68. The zero-order chi connectivity index (χ0) is 20.8. The van der Waals surface area contributed by atoms with Crippen molar-refractivity contribution < 1.29 is 14.3 Å². The summed E-state index contributed by atoms with van der Waals surface area (Å²) in [7, 11) is 1.61. The van der Waals surface area contributed by atoms with Crippen molar-refractivity contribution in [3.05, 3.63) is 70.2 Å². The van der Waals surface area contributed by atoms with Gasteiger partial charge in [-0.2, -0.15) is 5.10 Å². The molecule has 0 unspecified atom stereocenters. The molecule has 3 rings (SSSR count). The van der Waals surface area contributed by atoms with Gasteiger partial charge in [-0.15, -0.1) is 0 Å². The minimum absolute atomic E-state index is 0.135. The van der Waals surface area contributed by atoms with Gasteiger partial charge in [-0.3, -0.25) is 4.79 Å². The number of ether oxygens (including phenoxy) is 2. The minimum atomic E-state index is -0.347. The Labute approximate surface area is 178 Å². The second kappa shape index (κ2) is 9.56. The monoisotopic (exact) mass is 454 g/mol. The van der Waals surface area contributed by atoms with Crippen LogP contribution in [0.4, 0.5) is 0 Å². The van der Waals surface area contributed by atoms with E-state index in [4.69, 9.17) is 9.47 Å². The number of hydrazone groups is 1. The van der Waals surface area contributed by atoms with Crippen molar-refractivity contribution in [2.24, 2.45) is 5.10 Å². The number of hydrogen-bond donors (Lipinski definition) is 1. The van der Waals surface area contributed by atoms with E-state index in [1.54, 1.807) is 13.3 Å². The molecule has 3 aromatic rings. The summed E-state index contributed by atoms with van der Waals surface area (Å²) in [6.07, 6.45) is 1.59. The summed E-state index contributed by atoms with van der Waals surface area (Å²) < 4.78 is 11.8. The van der Waals surface area contributed by atoms with Crippen LogP contribution in [0.5, 0.6) is 11.5 Å². The second-order valence-electron chi connectivity index (χ2n) is 6.83. The average Bonchev–Trinajstić information content (AvgIpc) is 2.72. The lowest BCUT2D eigenvalue weighted by molar-refractivity contribution is -0.123. The first-order valence-electron chi connectivity index (χ1n) is 9.29. The van der Waals surface area contributed by atoms with E-state index < -0.39 is 0 Å². The number of nitrogens with zero attached hydrogens (tertiary/aromatic N) is 1. The maximum absolute atomic E-state index is 12.1. The maximum Gasteiger partial charge on any atom is 0.277 e. The molecule has 0 spiro atoms. The molecule has 0 aliphatic rings. The highest BCUT2D eigenvalue weighted by Crippen LogP contribution is 2.29. The summed E-state index contributed by atoms with van der Waals surface area (Å²) in [5, 5.41) is 6.14.